The smallest absolute Gasteiger partial charge is 0.289 e. The Hall–Kier alpha value is -3.02. The topological polar surface area (TPSA) is 78.6 Å². The molecule has 0 saturated heterocycles. The van der Waals surface area contributed by atoms with E-state index in [0.717, 1.165) is 31.4 Å². The fourth-order valence-electron chi connectivity index (χ4n) is 3.30. The molecule has 1 atom stereocenters. The number of hydrogen-bond donors (Lipinski definition) is 2. The largest absolute Gasteiger partial charge is 0.508 e. The van der Waals surface area contributed by atoms with Gasteiger partial charge in [0.1, 0.15) is 5.75 Å². The monoisotopic (exact) mass is 367 g/mol. The maximum Gasteiger partial charge on any atom is 0.289 e. The average molecular weight is 367 g/mol. The summed E-state index contributed by atoms with van der Waals surface area (Å²) in [6, 6.07) is 6.27. The lowest BCUT2D eigenvalue weighted by Crippen LogP contribution is -2.35. The molecule has 2 aromatic rings. The number of benzene rings is 1. The van der Waals surface area contributed by atoms with Crippen LogP contribution in [0.2, 0.25) is 0 Å². The van der Waals surface area contributed by atoms with Gasteiger partial charge in [0.25, 0.3) is 5.91 Å². The zero-order valence-corrected chi connectivity index (χ0v) is 15.5. The first-order chi connectivity index (χ1) is 13.1. The molecule has 0 aliphatic carbocycles. The minimum atomic E-state index is -0.352. The SMILES string of the molecule is CCCC=CC1C(c2ccc(O)cc2)=C(O)C(=O)N1CCCn1ccnc1. The summed E-state index contributed by atoms with van der Waals surface area (Å²) in [7, 11) is 0. The van der Waals surface area contributed by atoms with Gasteiger partial charge in [-0.3, -0.25) is 4.79 Å². The number of hydrogen-bond acceptors (Lipinski definition) is 4. The molecule has 1 aliphatic rings. The predicted molar refractivity (Wildman–Crippen MR) is 104 cm³/mol. The minimum absolute atomic E-state index is 0.151. The molecule has 1 aromatic carbocycles. The molecule has 0 saturated carbocycles. The number of carbonyl (C=O) groups is 1. The Kier molecular flexibility index (Phi) is 5.96. The third-order valence-corrected chi connectivity index (χ3v) is 4.68. The van der Waals surface area contributed by atoms with Crippen molar-refractivity contribution < 1.29 is 15.0 Å². The van der Waals surface area contributed by atoms with E-state index in [-0.39, 0.29) is 23.5 Å². The molecule has 6 nitrogen and oxygen atoms in total. The molecule has 3 rings (SSSR count). The first-order valence-corrected chi connectivity index (χ1v) is 9.27. The van der Waals surface area contributed by atoms with Crippen LogP contribution in [-0.2, 0) is 11.3 Å². The number of phenolic OH excluding ortho intramolecular Hbond substituents is 1. The molecule has 1 amide bonds. The molecule has 1 aromatic heterocycles. The van der Waals surface area contributed by atoms with Gasteiger partial charge in [-0.15, -0.1) is 0 Å². The third-order valence-electron chi connectivity index (χ3n) is 4.68. The lowest BCUT2D eigenvalue weighted by atomic mass is 9.98. The Morgan fingerprint density at radius 2 is 1.96 bits per heavy atom. The van der Waals surface area contributed by atoms with Crippen molar-refractivity contribution in [3.05, 3.63) is 66.5 Å². The maximum atomic E-state index is 12.7. The highest BCUT2D eigenvalue weighted by Gasteiger charge is 2.38. The number of aliphatic hydroxyl groups is 1. The van der Waals surface area contributed by atoms with Crippen LogP contribution in [0.1, 0.15) is 31.7 Å². The molecule has 6 heteroatoms. The van der Waals surface area contributed by atoms with Crippen molar-refractivity contribution in [2.24, 2.45) is 0 Å². The zero-order valence-electron chi connectivity index (χ0n) is 15.5. The van der Waals surface area contributed by atoms with Crippen LogP contribution < -0.4 is 0 Å². The van der Waals surface area contributed by atoms with Gasteiger partial charge in [-0.05, 0) is 30.5 Å². The van der Waals surface area contributed by atoms with Crippen LogP contribution in [0.5, 0.6) is 5.75 Å². The summed E-state index contributed by atoms with van der Waals surface area (Å²) in [5, 5.41) is 20.1. The molecule has 0 spiro atoms. The van der Waals surface area contributed by atoms with Crippen LogP contribution in [0.15, 0.2) is 60.9 Å². The fourth-order valence-corrected chi connectivity index (χ4v) is 3.30. The number of aromatic nitrogens is 2. The first-order valence-electron chi connectivity index (χ1n) is 9.27. The van der Waals surface area contributed by atoms with Crippen molar-refractivity contribution in [3.8, 4) is 5.75 Å². The first kappa shape index (κ1) is 18.8. The van der Waals surface area contributed by atoms with Crippen LogP contribution >= 0.6 is 0 Å². The molecule has 1 unspecified atom stereocenters. The summed E-state index contributed by atoms with van der Waals surface area (Å²) < 4.78 is 1.97. The van der Waals surface area contributed by atoms with Crippen molar-refractivity contribution in [3.63, 3.8) is 0 Å². The molecule has 2 N–H and O–H groups in total. The van der Waals surface area contributed by atoms with Crippen molar-refractivity contribution in [1.29, 1.82) is 0 Å². The number of carbonyl (C=O) groups excluding carboxylic acids is 1. The van der Waals surface area contributed by atoms with E-state index in [1.807, 2.05) is 16.8 Å². The number of aliphatic hydroxyl groups excluding tert-OH is 1. The number of aromatic hydroxyl groups is 1. The summed E-state index contributed by atoms with van der Waals surface area (Å²) >= 11 is 0. The second kappa shape index (κ2) is 8.58. The molecule has 0 radical (unpaired) electrons. The molecule has 0 bridgehead atoms. The maximum absolute atomic E-state index is 12.7. The Morgan fingerprint density at radius 1 is 1.19 bits per heavy atom. The second-order valence-corrected chi connectivity index (χ2v) is 6.62. The van der Waals surface area contributed by atoms with E-state index in [1.165, 1.54) is 0 Å². The number of unbranched alkanes of at least 4 members (excludes halogenated alkanes) is 1. The molecule has 2 heterocycles. The zero-order chi connectivity index (χ0) is 19.2. The van der Waals surface area contributed by atoms with Gasteiger partial charge in [-0.2, -0.15) is 0 Å². The number of phenols is 1. The van der Waals surface area contributed by atoms with Gasteiger partial charge >= 0.3 is 0 Å². The predicted octanol–water partition coefficient (Wildman–Crippen LogP) is 3.52. The average Bonchev–Trinajstić information content (AvgIpc) is 3.26. The van der Waals surface area contributed by atoms with Gasteiger partial charge in [0.05, 0.1) is 12.4 Å². The number of imidazole rings is 1. The third kappa shape index (κ3) is 4.22. The van der Waals surface area contributed by atoms with Gasteiger partial charge in [-0.25, -0.2) is 4.98 Å². The van der Waals surface area contributed by atoms with Gasteiger partial charge in [-0.1, -0.05) is 37.6 Å². The second-order valence-electron chi connectivity index (χ2n) is 6.62. The van der Waals surface area contributed by atoms with Crippen molar-refractivity contribution >= 4 is 11.5 Å². The van der Waals surface area contributed by atoms with Crippen LogP contribution in [0.25, 0.3) is 5.57 Å². The van der Waals surface area contributed by atoms with Crippen LogP contribution in [-0.4, -0.2) is 43.2 Å². The van der Waals surface area contributed by atoms with E-state index >= 15 is 0 Å². The van der Waals surface area contributed by atoms with E-state index in [0.29, 0.717) is 12.1 Å². The number of allylic oxidation sites excluding steroid dienone is 1. The van der Waals surface area contributed by atoms with E-state index in [9.17, 15) is 15.0 Å². The van der Waals surface area contributed by atoms with Crippen LogP contribution in [0.4, 0.5) is 0 Å². The number of aryl methyl sites for hydroxylation is 1. The Labute approximate surface area is 159 Å². The molecule has 0 fully saturated rings. The summed E-state index contributed by atoms with van der Waals surface area (Å²) in [5.41, 5.74) is 1.33. The normalized spacial score (nSPS) is 17.4. The Bertz CT molecular complexity index is 823. The minimum Gasteiger partial charge on any atom is -0.508 e. The van der Waals surface area contributed by atoms with Crippen molar-refractivity contribution in [2.45, 2.75) is 38.8 Å². The summed E-state index contributed by atoms with van der Waals surface area (Å²) in [6.07, 6.45) is 12.1. The quantitative estimate of drug-likeness (QED) is 0.700. The lowest BCUT2D eigenvalue weighted by Gasteiger charge is -2.24. The summed E-state index contributed by atoms with van der Waals surface area (Å²) in [6.45, 7) is 3.38. The number of nitrogens with zero attached hydrogens (tertiary/aromatic N) is 3. The lowest BCUT2D eigenvalue weighted by molar-refractivity contribution is -0.128. The van der Waals surface area contributed by atoms with E-state index in [1.54, 1.807) is 41.7 Å². The van der Waals surface area contributed by atoms with Crippen LogP contribution in [0, 0.1) is 0 Å². The highest BCUT2D eigenvalue weighted by molar-refractivity contribution is 6.05. The fraction of sp³-hybridized carbons (Fsp3) is 0.333. The van der Waals surface area contributed by atoms with Crippen LogP contribution in [0.3, 0.4) is 0 Å². The standard InChI is InChI=1S/C21H25N3O3/c1-2-3-4-6-18-19(16-7-9-17(25)10-8-16)20(26)21(27)24(18)13-5-12-23-14-11-22-15-23/h4,6-11,14-15,18,25-26H,2-3,5,12-13H2,1H3. The summed E-state index contributed by atoms with van der Waals surface area (Å²) in [4.78, 5) is 18.4. The number of amides is 1. The molecular formula is C21H25N3O3. The molecule has 27 heavy (non-hydrogen) atoms. The Balaban J connectivity index is 1.82. The highest BCUT2D eigenvalue weighted by Crippen LogP contribution is 2.34. The van der Waals surface area contributed by atoms with E-state index in [4.69, 9.17) is 0 Å². The van der Waals surface area contributed by atoms with Gasteiger partial charge in [0, 0.05) is 31.1 Å². The molecule has 1 aliphatic heterocycles. The molecule has 142 valence electrons. The van der Waals surface area contributed by atoms with Gasteiger partial charge in [0.15, 0.2) is 5.76 Å². The van der Waals surface area contributed by atoms with Gasteiger partial charge < -0.3 is 19.7 Å². The summed E-state index contributed by atoms with van der Waals surface area (Å²) in [5.74, 6) is -0.414. The number of rotatable bonds is 8. The van der Waals surface area contributed by atoms with Gasteiger partial charge in [0.2, 0.25) is 0 Å². The highest BCUT2D eigenvalue weighted by atomic mass is 16.3. The van der Waals surface area contributed by atoms with E-state index < -0.39 is 0 Å². The molecular weight excluding hydrogens is 342 g/mol. The Morgan fingerprint density at radius 3 is 2.63 bits per heavy atom. The van der Waals surface area contributed by atoms with E-state index in [2.05, 4.69) is 18.0 Å². The van der Waals surface area contributed by atoms with Crippen molar-refractivity contribution in [2.75, 3.05) is 6.54 Å². The van der Waals surface area contributed by atoms with Crippen molar-refractivity contribution in [1.82, 2.24) is 14.5 Å².